The second-order valence-electron chi connectivity index (χ2n) is 10.0. The Bertz CT molecular complexity index is 1670. The zero-order chi connectivity index (χ0) is 26.6. The van der Waals surface area contributed by atoms with Crippen molar-refractivity contribution >= 4 is 55.8 Å². The SMILES string of the molecule is Cc1cc2nc(-c3ccc4c(N)nn(C)c4c3)sc2c(-c2ccc(Cl)cc2)c1C(OC(C)(C)C)C(=O)O. The van der Waals surface area contributed by atoms with Crippen molar-refractivity contribution in [3.8, 4) is 21.7 Å². The van der Waals surface area contributed by atoms with Crippen molar-refractivity contribution in [1.29, 1.82) is 0 Å². The number of halogens is 1. The molecule has 37 heavy (non-hydrogen) atoms. The largest absolute Gasteiger partial charge is 0.479 e. The highest BCUT2D eigenvalue weighted by atomic mass is 35.5. The molecule has 3 aromatic carbocycles. The number of nitrogen functional groups attached to an aromatic ring is 1. The van der Waals surface area contributed by atoms with Gasteiger partial charge in [-0.2, -0.15) is 5.10 Å². The molecule has 0 aliphatic carbocycles. The number of nitrogens with two attached hydrogens (primary N) is 1. The molecule has 7 nitrogen and oxygen atoms in total. The number of carbonyl (C=O) groups is 1. The summed E-state index contributed by atoms with van der Waals surface area (Å²) in [6, 6.07) is 15.3. The molecule has 0 aliphatic rings. The Morgan fingerprint density at radius 3 is 2.46 bits per heavy atom. The smallest absolute Gasteiger partial charge is 0.337 e. The Balaban J connectivity index is 1.78. The predicted molar refractivity (Wildman–Crippen MR) is 150 cm³/mol. The number of aryl methyl sites for hydroxylation is 2. The molecule has 5 aromatic rings. The molecular formula is C28H27ClN4O3S. The van der Waals surface area contributed by atoms with Gasteiger partial charge in [-0.1, -0.05) is 29.8 Å². The number of thiazole rings is 1. The summed E-state index contributed by atoms with van der Waals surface area (Å²) >= 11 is 7.70. The normalized spacial score (nSPS) is 12.9. The van der Waals surface area contributed by atoms with Crippen LogP contribution in [0.4, 0.5) is 5.82 Å². The first kappa shape index (κ1) is 25.2. The number of rotatable bonds is 5. The van der Waals surface area contributed by atoms with Gasteiger partial charge in [0.15, 0.2) is 11.9 Å². The summed E-state index contributed by atoms with van der Waals surface area (Å²) in [5.41, 5.74) is 11.0. The van der Waals surface area contributed by atoms with Gasteiger partial charge in [0, 0.05) is 34.1 Å². The van der Waals surface area contributed by atoms with Gasteiger partial charge in [-0.05, 0) is 69.2 Å². The number of benzene rings is 3. The van der Waals surface area contributed by atoms with Crippen LogP contribution >= 0.6 is 22.9 Å². The molecule has 5 rings (SSSR count). The zero-order valence-electron chi connectivity index (χ0n) is 21.2. The molecule has 0 spiro atoms. The molecule has 3 N–H and O–H groups in total. The van der Waals surface area contributed by atoms with Gasteiger partial charge in [0.05, 0.1) is 21.3 Å². The molecule has 2 aromatic heterocycles. The lowest BCUT2D eigenvalue weighted by atomic mass is 9.91. The Kier molecular flexibility index (Phi) is 6.22. The fourth-order valence-corrected chi connectivity index (χ4v) is 5.83. The molecule has 0 aliphatic heterocycles. The van der Waals surface area contributed by atoms with Crippen LogP contribution in [-0.4, -0.2) is 31.4 Å². The summed E-state index contributed by atoms with van der Waals surface area (Å²) in [5.74, 6) is -0.561. The Morgan fingerprint density at radius 2 is 1.81 bits per heavy atom. The average molecular weight is 535 g/mol. The van der Waals surface area contributed by atoms with Crippen molar-refractivity contribution in [2.45, 2.75) is 39.4 Å². The van der Waals surface area contributed by atoms with Crippen molar-refractivity contribution in [3.05, 3.63) is 64.7 Å². The van der Waals surface area contributed by atoms with E-state index in [-0.39, 0.29) is 0 Å². The van der Waals surface area contributed by atoms with Crippen LogP contribution in [0.2, 0.25) is 5.02 Å². The number of aromatic nitrogens is 3. The summed E-state index contributed by atoms with van der Waals surface area (Å²) in [6.07, 6.45) is -1.16. The third-order valence-corrected chi connectivity index (χ3v) is 7.54. The number of aliphatic carboxylic acids is 1. The molecule has 1 atom stereocenters. The van der Waals surface area contributed by atoms with E-state index in [0.29, 0.717) is 16.4 Å². The van der Waals surface area contributed by atoms with E-state index in [1.54, 1.807) is 16.8 Å². The number of carboxylic acids is 1. The molecule has 0 saturated carbocycles. The van der Waals surface area contributed by atoms with Gasteiger partial charge in [0.1, 0.15) is 5.01 Å². The molecule has 1 unspecified atom stereocenters. The lowest BCUT2D eigenvalue weighted by Gasteiger charge is -2.28. The number of hydrogen-bond acceptors (Lipinski definition) is 6. The van der Waals surface area contributed by atoms with E-state index in [4.69, 9.17) is 27.1 Å². The minimum absolute atomic E-state index is 0.484. The highest BCUT2D eigenvalue weighted by Crippen LogP contribution is 2.44. The van der Waals surface area contributed by atoms with Crippen molar-refractivity contribution in [1.82, 2.24) is 14.8 Å². The van der Waals surface area contributed by atoms with Crippen LogP contribution in [0.5, 0.6) is 0 Å². The number of ether oxygens (including phenoxy) is 1. The van der Waals surface area contributed by atoms with Crippen LogP contribution in [-0.2, 0) is 16.6 Å². The highest BCUT2D eigenvalue weighted by molar-refractivity contribution is 7.22. The first-order chi connectivity index (χ1) is 17.4. The number of carboxylic acid groups (broad SMARTS) is 1. The van der Waals surface area contributed by atoms with Crippen LogP contribution in [0.3, 0.4) is 0 Å². The van der Waals surface area contributed by atoms with E-state index in [0.717, 1.165) is 48.4 Å². The van der Waals surface area contributed by atoms with E-state index in [9.17, 15) is 9.90 Å². The lowest BCUT2D eigenvalue weighted by molar-refractivity contribution is -0.160. The highest BCUT2D eigenvalue weighted by Gasteiger charge is 2.32. The van der Waals surface area contributed by atoms with Crippen LogP contribution < -0.4 is 5.73 Å². The van der Waals surface area contributed by atoms with Crippen LogP contribution in [0.1, 0.15) is 38.0 Å². The molecular weight excluding hydrogens is 508 g/mol. The van der Waals surface area contributed by atoms with E-state index in [1.165, 1.54) is 11.3 Å². The van der Waals surface area contributed by atoms with E-state index < -0.39 is 17.7 Å². The first-order valence-corrected chi connectivity index (χ1v) is 13.0. The number of anilines is 1. The minimum atomic E-state index is -1.16. The molecule has 0 fully saturated rings. The molecule has 0 amide bonds. The van der Waals surface area contributed by atoms with Gasteiger partial charge < -0.3 is 15.6 Å². The van der Waals surface area contributed by atoms with E-state index in [1.807, 2.05) is 71.1 Å². The fourth-order valence-electron chi connectivity index (χ4n) is 4.58. The second-order valence-corrected chi connectivity index (χ2v) is 11.5. The summed E-state index contributed by atoms with van der Waals surface area (Å²) in [6.45, 7) is 7.46. The van der Waals surface area contributed by atoms with Crippen LogP contribution in [0, 0.1) is 6.92 Å². The molecule has 190 valence electrons. The summed E-state index contributed by atoms with van der Waals surface area (Å²) in [7, 11) is 1.86. The molecule has 0 saturated heterocycles. The van der Waals surface area contributed by atoms with Gasteiger partial charge in [0.2, 0.25) is 0 Å². The molecule has 9 heteroatoms. The third-order valence-electron chi connectivity index (χ3n) is 6.15. The van der Waals surface area contributed by atoms with Gasteiger partial charge in [-0.25, -0.2) is 9.78 Å². The topological polar surface area (TPSA) is 103 Å². The Labute approximate surface area is 223 Å². The quantitative estimate of drug-likeness (QED) is 0.251. The maximum Gasteiger partial charge on any atom is 0.337 e. The van der Waals surface area contributed by atoms with Gasteiger partial charge >= 0.3 is 5.97 Å². The van der Waals surface area contributed by atoms with Crippen LogP contribution in [0.15, 0.2) is 48.5 Å². The van der Waals surface area contributed by atoms with Gasteiger partial charge in [-0.15, -0.1) is 11.3 Å². The second kappa shape index (κ2) is 9.13. The van der Waals surface area contributed by atoms with Crippen molar-refractivity contribution < 1.29 is 14.6 Å². The molecule has 0 radical (unpaired) electrons. The first-order valence-electron chi connectivity index (χ1n) is 11.8. The van der Waals surface area contributed by atoms with Crippen LogP contribution in [0.25, 0.3) is 42.8 Å². The Hall–Kier alpha value is -3.46. The zero-order valence-corrected chi connectivity index (χ0v) is 22.7. The summed E-state index contributed by atoms with van der Waals surface area (Å²) < 4.78 is 8.73. The maximum atomic E-state index is 12.5. The number of fused-ring (bicyclic) bond motifs is 2. The molecule has 0 bridgehead atoms. The van der Waals surface area contributed by atoms with Crippen molar-refractivity contribution in [3.63, 3.8) is 0 Å². The standard InChI is InChI=1S/C28H27ClN4O3S/c1-14-12-19-24(37-26(31-19)16-8-11-18-20(13-16)33(5)32-25(18)30)22(15-6-9-17(29)10-7-15)21(14)23(27(34)35)36-28(2,3)4/h6-13,23H,1-5H3,(H2,30,32)(H,34,35). The number of nitrogens with zero attached hydrogens (tertiary/aromatic N) is 3. The van der Waals surface area contributed by atoms with E-state index >= 15 is 0 Å². The van der Waals surface area contributed by atoms with Gasteiger partial charge in [0.25, 0.3) is 0 Å². The maximum absolute atomic E-state index is 12.5. The van der Waals surface area contributed by atoms with Crippen molar-refractivity contribution in [2.75, 3.05) is 5.73 Å². The van der Waals surface area contributed by atoms with Crippen molar-refractivity contribution in [2.24, 2.45) is 7.05 Å². The summed E-state index contributed by atoms with van der Waals surface area (Å²) in [5, 5.41) is 16.8. The minimum Gasteiger partial charge on any atom is -0.479 e. The average Bonchev–Trinajstić information content (AvgIpc) is 3.37. The fraction of sp³-hybridized carbons (Fsp3) is 0.250. The third kappa shape index (κ3) is 4.68. The lowest BCUT2D eigenvalue weighted by Crippen LogP contribution is -2.28. The molecule has 2 heterocycles. The monoisotopic (exact) mass is 534 g/mol. The summed E-state index contributed by atoms with van der Waals surface area (Å²) in [4.78, 5) is 17.5. The van der Waals surface area contributed by atoms with Gasteiger partial charge in [-0.3, -0.25) is 4.68 Å². The Morgan fingerprint density at radius 1 is 1.14 bits per heavy atom. The predicted octanol–water partition coefficient (Wildman–Crippen LogP) is 7.00. The van der Waals surface area contributed by atoms with E-state index in [2.05, 4.69) is 5.10 Å². The number of hydrogen-bond donors (Lipinski definition) is 2.